The molecule has 6 rings (SSSR count). The predicted octanol–water partition coefficient (Wildman–Crippen LogP) is 5.73. The molecule has 1 aliphatic heterocycles. The second-order valence-corrected chi connectivity index (χ2v) is 11.9. The van der Waals surface area contributed by atoms with Crippen LogP contribution in [0.3, 0.4) is 0 Å². The number of benzene rings is 2. The average Bonchev–Trinajstić information content (AvgIpc) is 3.55. The number of hydrogen-bond donors (Lipinski definition) is 1. The van der Waals surface area contributed by atoms with Crippen LogP contribution in [0.5, 0.6) is 0 Å². The number of primary amides is 1. The SMILES string of the molecule is CC(C)Cc1nc2c(cnn2[C@H]2CCN(C)[C@@H](C)C2)c(-c2ccc3c(cnn3Cc3ccc(F)c(F)c3)c2)c1C(N)=O. The Hall–Kier alpha value is -4.18. The lowest BCUT2D eigenvalue weighted by atomic mass is 9.92. The zero-order chi connectivity index (χ0) is 29.7. The van der Waals surface area contributed by atoms with Gasteiger partial charge in [0.05, 0.1) is 41.8 Å². The smallest absolute Gasteiger partial charge is 0.251 e. The summed E-state index contributed by atoms with van der Waals surface area (Å²) in [6, 6.07) is 10.3. The van der Waals surface area contributed by atoms with E-state index >= 15 is 0 Å². The van der Waals surface area contributed by atoms with Crippen LogP contribution in [0.1, 0.15) is 61.3 Å². The summed E-state index contributed by atoms with van der Waals surface area (Å²) >= 11 is 0. The van der Waals surface area contributed by atoms with Crippen LogP contribution in [0.2, 0.25) is 0 Å². The number of fused-ring (bicyclic) bond motifs is 2. The molecule has 42 heavy (non-hydrogen) atoms. The van der Waals surface area contributed by atoms with Gasteiger partial charge in [-0.25, -0.2) is 18.4 Å². The molecule has 218 valence electrons. The molecule has 1 fully saturated rings. The normalized spacial score (nSPS) is 18.0. The Bertz CT molecular complexity index is 1810. The van der Waals surface area contributed by atoms with Crippen LogP contribution < -0.4 is 5.73 Å². The minimum absolute atomic E-state index is 0.206. The van der Waals surface area contributed by atoms with E-state index in [1.54, 1.807) is 16.9 Å². The van der Waals surface area contributed by atoms with E-state index in [0.717, 1.165) is 58.5 Å². The fraction of sp³-hybridized carbons (Fsp3) is 0.375. The van der Waals surface area contributed by atoms with Crippen LogP contribution >= 0.6 is 0 Å². The first-order chi connectivity index (χ1) is 20.1. The number of rotatable bonds is 7. The third-order valence-electron chi connectivity index (χ3n) is 8.44. The lowest BCUT2D eigenvalue weighted by molar-refractivity contribution is 0.0999. The number of hydrogen-bond acceptors (Lipinski definition) is 5. The Kier molecular flexibility index (Phi) is 7.26. The number of likely N-dealkylation sites (tertiary alicyclic amines) is 1. The minimum atomic E-state index is -0.889. The summed E-state index contributed by atoms with van der Waals surface area (Å²) < 4.78 is 31.0. The molecule has 10 heteroatoms. The standard InChI is InChI=1S/C32H35F2N7O/c1-18(2)11-27-30(31(35)42)29(24-16-37-41(32(24)38-27)23-9-10-39(4)19(3)12-23)21-6-8-28-22(14-21)15-36-40(28)17-20-5-7-25(33)26(34)13-20/h5-8,13-16,18-19,23H,9-12,17H2,1-4H3,(H2,35,42)/t19-,23-/m0/s1. The molecule has 4 heterocycles. The van der Waals surface area contributed by atoms with Gasteiger partial charge in [-0.15, -0.1) is 0 Å². The highest BCUT2D eigenvalue weighted by Crippen LogP contribution is 2.37. The third kappa shape index (κ3) is 5.04. The highest BCUT2D eigenvalue weighted by atomic mass is 19.2. The topological polar surface area (TPSA) is 94.9 Å². The zero-order valence-corrected chi connectivity index (χ0v) is 24.3. The quantitative estimate of drug-likeness (QED) is 0.269. The Balaban J connectivity index is 1.48. The molecule has 1 saturated heterocycles. The van der Waals surface area contributed by atoms with E-state index in [1.165, 1.54) is 6.07 Å². The summed E-state index contributed by atoms with van der Waals surface area (Å²) in [7, 11) is 2.15. The van der Waals surface area contributed by atoms with E-state index in [0.29, 0.717) is 29.3 Å². The molecule has 3 aromatic heterocycles. The van der Waals surface area contributed by atoms with E-state index in [1.807, 2.05) is 29.1 Å². The molecular formula is C32H35F2N7O. The number of nitrogens with two attached hydrogens (primary N) is 1. The van der Waals surface area contributed by atoms with Gasteiger partial charge in [0.1, 0.15) is 0 Å². The largest absolute Gasteiger partial charge is 0.366 e. The van der Waals surface area contributed by atoms with E-state index in [2.05, 4.69) is 37.8 Å². The fourth-order valence-electron chi connectivity index (χ4n) is 6.14. The summed E-state index contributed by atoms with van der Waals surface area (Å²) in [5, 5.41) is 11.0. The molecule has 0 aliphatic carbocycles. The predicted molar refractivity (Wildman–Crippen MR) is 159 cm³/mol. The van der Waals surface area contributed by atoms with Crippen molar-refractivity contribution in [3.8, 4) is 11.1 Å². The first kappa shape index (κ1) is 28.0. The summed E-state index contributed by atoms with van der Waals surface area (Å²) in [4.78, 5) is 20.4. The van der Waals surface area contributed by atoms with Crippen molar-refractivity contribution in [2.45, 2.75) is 58.7 Å². The molecule has 0 bridgehead atoms. The fourth-order valence-corrected chi connectivity index (χ4v) is 6.14. The zero-order valence-electron chi connectivity index (χ0n) is 24.3. The van der Waals surface area contributed by atoms with Crippen LogP contribution in [0.4, 0.5) is 8.78 Å². The highest BCUT2D eigenvalue weighted by molar-refractivity contribution is 6.09. The second-order valence-electron chi connectivity index (χ2n) is 11.9. The molecule has 1 amide bonds. The maximum absolute atomic E-state index is 13.8. The third-order valence-corrected chi connectivity index (χ3v) is 8.44. The molecule has 0 saturated carbocycles. The number of pyridine rings is 1. The molecule has 0 radical (unpaired) electrons. The molecule has 2 N–H and O–H groups in total. The number of amides is 1. The van der Waals surface area contributed by atoms with Gasteiger partial charge >= 0.3 is 0 Å². The van der Waals surface area contributed by atoms with Gasteiger partial charge in [0.15, 0.2) is 17.3 Å². The molecule has 2 aromatic carbocycles. The molecule has 0 spiro atoms. The average molecular weight is 572 g/mol. The maximum atomic E-state index is 13.8. The minimum Gasteiger partial charge on any atom is -0.366 e. The number of carbonyl (C=O) groups is 1. The van der Waals surface area contributed by atoms with Gasteiger partial charge in [0.2, 0.25) is 0 Å². The Morgan fingerprint density at radius 1 is 1.10 bits per heavy atom. The highest BCUT2D eigenvalue weighted by Gasteiger charge is 2.29. The molecule has 1 aliphatic rings. The molecule has 8 nitrogen and oxygen atoms in total. The van der Waals surface area contributed by atoms with Crippen molar-refractivity contribution in [3.63, 3.8) is 0 Å². The van der Waals surface area contributed by atoms with Gasteiger partial charge in [0.25, 0.3) is 5.91 Å². The lowest BCUT2D eigenvalue weighted by Gasteiger charge is -2.35. The van der Waals surface area contributed by atoms with Crippen LogP contribution in [0.15, 0.2) is 48.8 Å². The van der Waals surface area contributed by atoms with E-state index < -0.39 is 17.5 Å². The van der Waals surface area contributed by atoms with Crippen LogP contribution in [-0.2, 0) is 13.0 Å². The summed E-state index contributed by atoms with van der Waals surface area (Å²) in [5.74, 6) is -2.03. The van der Waals surface area contributed by atoms with Gasteiger partial charge in [-0.05, 0) is 74.5 Å². The Morgan fingerprint density at radius 3 is 2.62 bits per heavy atom. The maximum Gasteiger partial charge on any atom is 0.251 e. The number of carbonyl (C=O) groups excluding carboxylic acids is 1. The van der Waals surface area contributed by atoms with Crippen molar-refractivity contribution in [3.05, 3.63) is 77.2 Å². The molecular weight excluding hydrogens is 536 g/mol. The van der Waals surface area contributed by atoms with Gasteiger partial charge in [-0.1, -0.05) is 26.0 Å². The van der Waals surface area contributed by atoms with Gasteiger partial charge in [0, 0.05) is 28.9 Å². The van der Waals surface area contributed by atoms with Crippen molar-refractivity contribution in [2.24, 2.45) is 11.7 Å². The van der Waals surface area contributed by atoms with E-state index in [-0.39, 0.29) is 18.5 Å². The Morgan fingerprint density at radius 2 is 1.90 bits per heavy atom. The van der Waals surface area contributed by atoms with E-state index in [9.17, 15) is 13.6 Å². The lowest BCUT2D eigenvalue weighted by Crippen LogP contribution is -2.38. The summed E-state index contributed by atoms with van der Waals surface area (Å²) in [6.45, 7) is 7.68. The Labute approximate surface area is 243 Å². The van der Waals surface area contributed by atoms with Crippen molar-refractivity contribution in [2.75, 3.05) is 13.6 Å². The first-order valence-electron chi connectivity index (χ1n) is 14.4. The van der Waals surface area contributed by atoms with Crippen molar-refractivity contribution >= 4 is 27.8 Å². The van der Waals surface area contributed by atoms with Crippen molar-refractivity contribution < 1.29 is 13.6 Å². The number of aromatic nitrogens is 5. The monoisotopic (exact) mass is 571 g/mol. The van der Waals surface area contributed by atoms with Gasteiger partial charge in [-0.2, -0.15) is 10.2 Å². The van der Waals surface area contributed by atoms with Gasteiger partial charge < -0.3 is 10.6 Å². The number of halogens is 2. The molecule has 5 aromatic rings. The number of piperidine rings is 1. The van der Waals surface area contributed by atoms with E-state index in [4.69, 9.17) is 15.8 Å². The summed E-state index contributed by atoms with van der Waals surface area (Å²) in [6.07, 6.45) is 6.08. The van der Waals surface area contributed by atoms with Crippen LogP contribution in [-0.4, -0.2) is 55.0 Å². The van der Waals surface area contributed by atoms with Crippen LogP contribution in [0.25, 0.3) is 33.1 Å². The van der Waals surface area contributed by atoms with Gasteiger partial charge in [-0.3, -0.25) is 9.48 Å². The summed E-state index contributed by atoms with van der Waals surface area (Å²) in [5.41, 5.74) is 10.9. The second kappa shape index (κ2) is 10.9. The van der Waals surface area contributed by atoms with Crippen LogP contribution in [0, 0.1) is 17.6 Å². The van der Waals surface area contributed by atoms with Crippen molar-refractivity contribution in [1.29, 1.82) is 0 Å². The molecule has 0 unspecified atom stereocenters. The number of nitrogens with zero attached hydrogens (tertiary/aromatic N) is 6. The molecule has 2 atom stereocenters. The first-order valence-corrected chi connectivity index (χ1v) is 14.4. The van der Waals surface area contributed by atoms with Crippen molar-refractivity contribution in [1.82, 2.24) is 29.4 Å².